The van der Waals surface area contributed by atoms with Gasteiger partial charge in [0.05, 0.1) is 0 Å². The first-order chi connectivity index (χ1) is 9.66. The van der Waals surface area contributed by atoms with Crippen molar-refractivity contribution in [2.24, 2.45) is 0 Å². The molecule has 0 unspecified atom stereocenters. The number of aromatic hydroxyl groups is 1. The van der Waals surface area contributed by atoms with Gasteiger partial charge in [0.15, 0.2) is 17.1 Å². The molecule has 0 saturated carbocycles. The van der Waals surface area contributed by atoms with Crippen molar-refractivity contribution < 1.29 is 9.90 Å². The molecule has 0 aliphatic rings. The lowest BCUT2D eigenvalue weighted by atomic mass is 10.0. The van der Waals surface area contributed by atoms with Crippen molar-refractivity contribution >= 4 is 11.4 Å². The van der Waals surface area contributed by atoms with Crippen molar-refractivity contribution in [3.05, 3.63) is 59.5 Å². The van der Waals surface area contributed by atoms with Crippen LogP contribution in [0.15, 0.2) is 42.7 Å². The maximum atomic E-state index is 11.6. The number of rotatable bonds is 3. The molecule has 0 saturated heterocycles. The van der Waals surface area contributed by atoms with Gasteiger partial charge >= 0.3 is 0 Å². The van der Waals surface area contributed by atoms with Gasteiger partial charge < -0.3 is 5.11 Å². The number of hydrogen-bond acceptors (Lipinski definition) is 4. The van der Waals surface area contributed by atoms with Crippen LogP contribution in [0.25, 0.3) is 5.65 Å². The Morgan fingerprint density at radius 2 is 2.05 bits per heavy atom. The number of ketones is 1. The van der Waals surface area contributed by atoms with Gasteiger partial charge in [-0.05, 0) is 11.6 Å². The number of aromatic nitrogens is 3. The van der Waals surface area contributed by atoms with Crippen LogP contribution in [-0.4, -0.2) is 25.5 Å². The van der Waals surface area contributed by atoms with Crippen molar-refractivity contribution in [2.75, 3.05) is 0 Å². The van der Waals surface area contributed by atoms with Gasteiger partial charge in [-0.2, -0.15) is 5.10 Å². The van der Waals surface area contributed by atoms with E-state index in [4.69, 9.17) is 0 Å². The molecule has 20 heavy (non-hydrogen) atoms. The van der Waals surface area contributed by atoms with Crippen molar-refractivity contribution in [2.45, 2.75) is 13.3 Å². The zero-order valence-corrected chi connectivity index (χ0v) is 10.9. The Morgan fingerprint density at radius 3 is 2.75 bits per heavy atom. The summed E-state index contributed by atoms with van der Waals surface area (Å²) in [6.45, 7) is 1.40. The van der Waals surface area contributed by atoms with E-state index in [1.54, 1.807) is 6.07 Å². The highest BCUT2D eigenvalue weighted by atomic mass is 16.3. The molecular formula is C15H13N3O2. The Bertz CT molecular complexity index is 778. The number of nitrogens with zero attached hydrogens (tertiary/aromatic N) is 3. The molecule has 5 heteroatoms. The number of Topliss-reactive ketones (excluding diaryl/α,β-unsaturated/α-hetero) is 1. The van der Waals surface area contributed by atoms with E-state index in [0.29, 0.717) is 12.1 Å². The fourth-order valence-electron chi connectivity index (χ4n) is 2.31. The molecule has 0 amide bonds. The van der Waals surface area contributed by atoms with Gasteiger partial charge in [0.2, 0.25) is 0 Å². The van der Waals surface area contributed by atoms with Crippen LogP contribution in [0.2, 0.25) is 0 Å². The van der Waals surface area contributed by atoms with E-state index < -0.39 is 0 Å². The zero-order chi connectivity index (χ0) is 14.1. The fraction of sp³-hybridized carbons (Fsp3) is 0.133. The predicted octanol–water partition coefficient (Wildman–Crippen LogP) is 2.23. The smallest absolute Gasteiger partial charge is 0.182 e. The van der Waals surface area contributed by atoms with Crippen molar-refractivity contribution in [1.29, 1.82) is 0 Å². The van der Waals surface area contributed by atoms with Gasteiger partial charge in [0.1, 0.15) is 12.1 Å². The van der Waals surface area contributed by atoms with E-state index in [-0.39, 0.29) is 17.2 Å². The first kappa shape index (κ1) is 12.3. The molecule has 2 heterocycles. The summed E-state index contributed by atoms with van der Waals surface area (Å²) in [6.07, 6.45) is 2.00. The van der Waals surface area contributed by atoms with Crippen LogP contribution >= 0.6 is 0 Å². The summed E-state index contributed by atoms with van der Waals surface area (Å²) in [5.41, 5.74) is 2.69. The average Bonchev–Trinajstić information content (AvgIpc) is 2.88. The molecule has 2 aromatic heterocycles. The van der Waals surface area contributed by atoms with E-state index in [1.807, 2.05) is 30.3 Å². The molecule has 0 radical (unpaired) electrons. The third-order valence-electron chi connectivity index (χ3n) is 3.17. The monoisotopic (exact) mass is 267 g/mol. The Labute approximate surface area is 115 Å². The van der Waals surface area contributed by atoms with E-state index in [2.05, 4.69) is 10.1 Å². The maximum absolute atomic E-state index is 11.6. The molecule has 0 bridgehead atoms. The quantitative estimate of drug-likeness (QED) is 0.739. The highest BCUT2D eigenvalue weighted by molar-refractivity contribution is 5.95. The van der Waals surface area contributed by atoms with Gasteiger partial charge in [-0.15, -0.1) is 0 Å². The largest absolute Gasteiger partial charge is 0.506 e. The summed E-state index contributed by atoms with van der Waals surface area (Å²) < 4.78 is 1.40. The minimum absolute atomic E-state index is 0.0681. The predicted molar refractivity (Wildman–Crippen MR) is 73.9 cm³/mol. The van der Waals surface area contributed by atoms with Crippen LogP contribution in [0.1, 0.15) is 28.5 Å². The zero-order valence-electron chi connectivity index (χ0n) is 10.9. The van der Waals surface area contributed by atoms with Crippen molar-refractivity contribution in [1.82, 2.24) is 14.6 Å². The summed E-state index contributed by atoms with van der Waals surface area (Å²) in [5.74, 6) is -0.314. The molecular weight excluding hydrogens is 254 g/mol. The standard InChI is InChI=1S/C15H13N3O2/c1-10(19)14-13(20)8-12(15-16-9-17-18(14)15)7-11-5-3-2-4-6-11/h2-6,8-9,20H,7H2,1H3. The number of carbonyl (C=O) groups excluding carboxylic acids is 1. The first-order valence-corrected chi connectivity index (χ1v) is 6.26. The highest BCUT2D eigenvalue weighted by Crippen LogP contribution is 2.24. The average molecular weight is 267 g/mol. The van der Waals surface area contributed by atoms with E-state index >= 15 is 0 Å². The second kappa shape index (κ2) is 4.77. The van der Waals surface area contributed by atoms with Gasteiger partial charge in [0, 0.05) is 18.9 Å². The minimum Gasteiger partial charge on any atom is -0.506 e. The Morgan fingerprint density at radius 1 is 1.30 bits per heavy atom. The number of pyridine rings is 1. The summed E-state index contributed by atoms with van der Waals surface area (Å²) in [5, 5.41) is 14.1. The van der Waals surface area contributed by atoms with Crippen molar-refractivity contribution in [3.63, 3.8) is 0 Å². The highest BCUT2D eigenvalue weighted by Gasteiger charge is 2.17. The van der Waals surface area contributed by atoms with Gasteiger partial charge in [0.25, 0.3) is 0 Å². The molecule has 3 rings (SSSR count). The second-order valence-electron chi connectivity index (χ2n) is 4.62. The van der Waals surface area contributed by atoms with Gasteiger partial charge in [-0.3, -0.25) is 4.79 Å². The number of fused-ring (bicyclic) bond motifs is 1. The van der Waals surface area contributed by atoms with Gasteiger partial charge in [-0.25, -0.2) is 9.50 Å². The van der Waals surface area contributed by atoms with Crippen LogP contribution in [0.3, 0.4) is 0 Å². The lowest BCUT2D eigenvalue weighted by Crippen LogP contribution is -2.07. The first-order valence-electron chi connectivity index (χ1n) is 6.26. The molecule has 3 aromatic rings. The Hall–Kier alpha value is -2.69. The Kier molecular flexibility index (Phi) is 2.95. The van der Waals surface area contributed by atoms with E-state index in [9.17, 15) is 9.90 Å². The number of carbonyl (C=O) groups is 1. The van der Waals surface area contributed by atoms with Crippen LogP contribution in [0.4, 0.5) is 0 Å². The molecule has 0 aliphatic carbocycles. The summed E-state index contributed by atoms with van der Waals surface area (Å²) in [4.78, 5) is 15.8. The molecule has 5 nitrogen and oxygen atoms in total. The van der Waals surface area contributed by atoms with Crippen molar-refractivity contribution in [3.8, 4) is 5.75 Å². The lowest BCUT2D eigenvalue weighted by molar-refractivity contribution is 0.100. The van der Waals surface area contributed by atoms with E-state index in [1.165, 1.54) is 17.8 Å². The van der Waals surface area contributed by atoms with Crippen LogP contribution in [-0.2, 0) is 6.42 Å². The lowest BCUT2D eigenvalue weighted by Gasteiger charge is -2.08. The second-order valence-corrected chi connectivity index (χ2v) is 4.62. The summed E-state index contributed by atoms with van der Waals surface area (Å²) >= 11 is 0. The maximum Gasteiger partial charge on any atom is 0.182 e. The van der Waals surface area contributed by atoms with Crippen LogP contribution < -0.4 is 0 Å². The molecule has 0 atom stereocenters. The van der Waals surface area contributed by atoms with Crippen LogP contribution in [0, 0.1) is 0 Å². The third kappa shape index (κ3) is 2.03. The fourth-order valence-corrected chi connectivity index (χ4v) is 2.31. The molecule has 100 valence electrons. The third-order valence-corrected chi connectivity index (χ3v) is 3.17. The molecule has 0 fully saturated rings. The van der Waals surface area contributed by atoms with E-state index in [0.717, 1.165) is 11.1 Å². The number of benzene rings is 1. The van der Waals surface area contributed by atoms with Crippen LogP contribution in [0.5, 0.6) is 5.75 Å². The molecule has 1 aromatic carbocycles. The molecule has 0 aliphatic heterocycles. The van der Waals surface area contributed by atoms with Gasteiger partial charge in [-0.1, -0.05) is 30.3 Å². The number of hydrogen-bond donors (Lipinski definition) is 1. The Balaban J connectivity index is 2.16. The summed E-state index contributed by atoms with van der Waals surface area (Å²) in [7, 11) is 0. The molecule has 1 N–H and O–H groups in total. The minimum atomic E-state index is -0.246. The summed E-state index contributed by atoms with van der Waals surface area (Å²) in [6, 6.07) is 11.5. The normalized spacial score (nSPS) is 10.8. The SMILES string of the molecule is CC(=O)c1c(O)cc(Cc2ccccc2)c2ncnn12. The topological polar surface area (TPSA) is 67.5 Å². The molecule has 0 spiro atoms.